The van der Waals surface area contributed by atoms with Crippen LogP contribution in [0.5, 0.6) is 0 Å². The number of aromatic amines is 3. The van der Waals surface area contributed by atoms with Gasteiger partial charge in [-0.1, -0.05) is 99.5 Å². The Bertz CT molecular complexity index is 4540. The van der Waals surface area contributed by atoms with Crippen LogP contribution in [0.1, 0.15) is 124 Å². The second-order valence-electron chi connectivity index (χ2n) is 32.0. The van der Waals surface area contributed by atoms with E-state index in [4.69, 9.17) is 5.73 Å². The minimum absolute atomic E-state index is 0.0262. The molecule has 16 atom stereocenters. The van der Waals surface area contributed by atoms with Gasteiger partial charge in [-0.3, -0.25) is 76.7 Å². The second-order valence-corrected chi connectivity index (χ2v) is 34.6. The van der Waals surface area contributed by atoms with Gasteiger partial charge < -0.3 is 115 Å². The molecule has 0 saturated carbocycles. The SMILES string of the molecule is CC(C)C[C@@H]1NC(=O)[C@H](Cc2cnc[nH]2)NC(=O)[C@H](Cc2c[nH]c3ccccc23)NC(=O)[C@H](C)NC(=O)[C@@H]2CSSC[C@@H](CN[C@@H]([C@@H](C)O)C(=O)N3CCC[C@@H]3C(=O)N3C[C@@H](N)C[C@H]3C(=O)N[C@@H](CC(=O)O)C(=O)N2)NC(=O)[C@H](Cc2c[nH]c3ccccc23)NC(=O)[C@H](C(C)C)NC(=O)[C@H](CC(C)C)NC(=O)[C@H](CCC(=O)O)NC(=O)CNC1=O. The fraction of sp³-hybridized carbons (Fsp3) is 0.557. The number of hydrogen-bond donors (Lipinski definition) is 20. The van der Waals surface area contributed by atoms with E-state index in [1.165, 1.54) is 31.3 Å². The Morgan fingerprint density at radius 3 is 1.67 bits per heavy atom. The molecule has 652 valence electrons. The molecule has 0 radical (unpaired) electrons. The van der Waals surface area contributed by atoms with Gasteiger partial charge in [0.25, 0.3) is 0 Å². The highest BCUT2D eigenvalue weighted by Gasteiger charge is 2.47. The van der Waals surface area contributed by atoms with Crippen molar-refractivity contribution in [3.8, 4) is 0 Å². The number of aliphatic carboxylic acids is 2. The zero-order valence-corrected chi connectivity index (χ0v) is 69.7. The number of para-hydroxylation sites is 2. The zero-order chi connectivity index (χ0) is 87.3. The number of benzene rings is 2. The van der Waals surface area contributed by atoms with Crippen molar-refractivity contribution in [3.63, 3.8) is 0 Å². The lowest BCUT2D eigenvalue weighted by Gasteiger charge is -2.34. The number of amides is 14. The van der Waals surface area contributed by atoms with Gasteiger partial charge in [-0.05, 0) is 93.4 Å². The summed E-state index contributed by atoms with van der Waals surface area (Å²) in [4.78, 5) is 248. The van der Waals surface area contributed by atoms with Gasteiger partial charge in [0.2, 0.25) is 82.7 Å². The molecule has 41 heteroatoms. The van der Waals surface area contributed by atoms with E-state index < -0.39 is 229 Å². The minimum Gasteiger partial charge on any atom is -0.481 e. The van der Waals surface area contributed by atoms with Gasteiger partial charge in [-0.2, -0.15) is 0 Å². The molecule has 120 heavy (non-hydrogen) atoms. The van der Waals surface area contributed by atoms with Gasteiger partial charge >= 0.3 is 11.9 Å². The van der Waals surface area contributed by atoms with E-state index in [2.05, 4.69) is 89.1 Å². The van der Waals surface area contributed by atoms with Crippen molar-refractivity contribution >= 4 is 138 Å². The van der Waals surface area contributed by atoms with Crippen LogP contribution in [0.15, 0.2) is 73.4 Å². The van der Waals surface area contributed by atoms with Crippen LogP contribution in [-0.4, -0.2) is 274 Å². The Morgan fingerprint density at radius 1 is 0.542 bits per heavy atom. The Labute approximate surface area is 699 Å². The van der Waals surface area contributed by atoms with Crippen molar-refractivity contribution in [3.05, 3.63) is 90.3 Å². The highest BCUT2D eigenvalue weighted by Crippen LogP contribution is 2.29. The lowest BCUT2D eigenvalue weighted by molar-refractivity contribution is -0.149. The highest BCUT2D eigenvalue weighted by molar-refractivity contribution is 8.76. The fourth-order valence-electron chi connectivity index (χ4n) is 14.9. The minimum atomic E-state index is -1.94. The van der Waals surface area contributed by atoms with E-state index in [0.29, 0.717) is 45.0 Å². The fourth-order valence-corrected chi connectivity index (χ4v) is 17.3. The molecular formula is C79H110N20O19S2. The summed E-state index contributed by atoms with van der Waals surface area (Å²) in [6.07, 6.45) is 1.56. The summed E-state index contributed by atoms with van der Waals surface area (Å²) >= 11 is 0. The molecule has 7 heterocycles. The van der Waals surface area contributed by atoms with Crippen molar-refractivity contribution in [1.82, 2.24) is 98.9 Å². The number of carboxylic acids is 2. The molecule has 9 rings (SSSR count). The van der Waals surface area contributed by atoms with Gasteiger partial charge in [0.05, 0.1) is 31.4 Å². The van der Waals surface area contributed by atoms with Crippen LogP contribution in [0.2, 0.25) is 0 Å². The summed E-state index contributed by atoms with van der Waals surface area (Å²) in [5.41, 5.74) is 9.11. The van der Waals surface area contributed by atoms with Gasteiger partial charge in [0.1, 0.15) is 78.5 Å². The summed E-state index contributed by atoms with van der Waals surface area (Å²) < 4.78 is 0. The molecule has 39 nitrogen and oxygen atoms in total. The number of H-pyrrole nitrogens is 3. The number of imidazole rings is 1. The number of aliphatic hydroxyl groups excluding tert-OH is 1. The first-order valence-corrected chi connectivity index (χ1v) is 42.6. The number of nitrogens with one attached hydrogen (secondary N) is 16. The topological polar surface area (TPSA) is 583 Å². The van der Waals surface area contributed by atoms with Gasteiger partial charge in [0, 0.05) is 109 Å². The number of aromatic nitrogens is 4. The van der Waals surface area contributed by atoms with E-state index in [9.17, 15) is 72.9 Å². The molecule has 4 saturated heterocycles. The number of aliphatic hydroxyl groups is 1. The molecule has 0 aliphatic carbocycles. The molecule has 2 bridgehead atoms. The van der Waals surface area contributed by atoms with Gasteiger partial charge in [-0.25, -0.2) is 4.98 Å². The van der Waals surface area contributed by atoms with Crippen LogP contribution >= 0.6 is 21.6 Å². The first-order chi connectivity index (χ1) is 57.0. The predicted molar refractivity (Wildman–Crippen MR) is 440 cm³/mol. The third-order valence-corrected chi connectivity index (χ3v) is 23.6. The maximum Gasteiger partial charge on any atom is 0.305 e. The van der Waals surface area contributed by atoms with Gasteiger partial charge in [-0.15, -0.1) is 0 Å². The Hall–Kier alpha value is -11.2. The molecule has 21 N–H and O–H groups in total. The average molecular weight is 1710 g/mol. The number of rotatable bonds is 17. The summed E-state index contributed by atoms with van der Waals surface area (Å²) in [6.45, 7) is 11.4. The van der Waals surface area contributed by atoms with Crippen LogP contribution in [0.25, 0.3) is 21.8 Å². The molecule has 4 aliphatic heterocycles. The molecule has 5 aromatic rings. The lowest BCUT2D eigenvalue weighted by Crippen LogP contribution is -2.61. The van der Waals surface area contributed by atoms with Crippen molar-refractivity contribution in [1.29, 1.82) is 0 Å². The van der Waals surface area contributed by atoms with E-state index in [-0.39, 0.29) is 82.2 Å². The van der Waals surface area contributed by atoms with Crippen molar-refractivity contribution in [2.45, 2.75) is 223 Å². The Morgan fingerprint density at radius 2 is 1.08 bits per heavy atom. The summed E-state index contributed by atoms with van der Waals surface area (Å²) in [5.74, 6) is -18.1. The molecular weight excluding hydrogens is 1600 g/mol. The monoisotopic (exact) mass is 1710 g/mol. The maximum atomic E-state index is 15.5. The van der Waals surface area contributed by atoms with Crippen LogP contribution in [0, 0.1) is 17.8 Å². The number of fused-ring (bicyclic) bond motifs is 9. The zero-order valence-electron chi connectivity index (χ0n) is 68.0. The van der Waals surface area contributed by atoms with Crippen molar-refractivity contribution < 1.29 is 92.0 Å². The van der Waals surface area contributed by atoms with E-state index in [0.717, 1.165) is 26.5 Å². The van der Waals surface area contributed by atoms with Crippen molar-refractivity contribution in [2.75, 3.05) is 37.7 Å². The number of nitrogens with two attached hydrogens (primary N) is 1. The molecule has 3 aromatic heterocycles. The third kappa shape index (κ3) is 25.7. The maximum absolute atomic E-state index is 15.5. The van der Waals surface area contributed by atoms with Crippen LogP contribution in [-0.2, 0) is 96.0 Å². The Balaban J connectivity index is 1.13. The summed E-state index contributed by atoms with van der Waals surface area (Å²) in [6, 6.07) is -7.81. The first-order valence-electron chi connectivity index (χ1n) is 40.2. The van der Waals surface area contributed by atoms with E-state index in [1.54, 1.807) is 102 Å². The molecule has 4 fully saturated rings. The Kier molecular flexibility index (Phi) is 33.4. The third-order valence-electron chi connectivity index (χ3n) is 21.1. The van der Waals surface area contributed by atoms with Crippen LogP contribution in [0.3, 0.4) is 0 Å². The largest absolute Gasteiger partial charge is 0.481 e. The molecule has 4 aliphatic rings. The second kappa shape index (κ2) is 43.2. The average Bonchev–Trinajstić information content (AvgIpc) is 1.64. The van der Waals surface area contributed by atoms with Crippen molar-refractivity contribution in [2.24, 2.45) is 23.5 Å². The quantitative estimate of drug-likeness (QED) is 0.0432. The van der Waals surface area contributed by atoms with Crippen LogP contribution in [0.4, 0.5) is 0 Å². The number of carbonyl (C=O) groups is 16. The van der Waals surface area contributed by atoms with Gasteiger partial charge in [0.15, 0.2) is 0 Å². The number of nitrogens with zero attached hydrogens (tertiary/aromatic N) is 3. The standard InChI is InChI=1S/C79H110N20O19S2/c1-38(2)22-53-68(107)85-33-62(101)89-52(19-20-63(102)103)69(108)92-54(23-39(3)4)74(113)97-65(40(5)6)77(116)95-55(24-43-29-82-50-16-11-9-14-48(43)50)70(109)88-47-32-84-66(42(8)100)79(118)98-21-13-18-60(98)78(117)99-34-45(80)26-61(99)76(115)94-58(28-64(104)105)73(112)96-59(36-120-119-35-47)75(114)87-41(7)67(106)90-56(25-44-30-83-51-17-12-10-15-49(44)51)71(110)93-57(72(111)91-53)27-46-31-81-37-86-46/h9-12,14-17,29-31,37-42,45,47,52-61,65-66,82-84,100H,13,18-28,32-36,80H2,1-8H3,(H,81,86)(H,85,107)(H,87,114)(H,88,109)(H,89,101)(H,90,106)(H,91,111)(H,92,108)(H,93,110)(H,94,115)(H,95,116)(H,96,112)(H,97,113)(H,102,103)(H,104,105)/t41-,42+,45-,47+,52-,53-,54-,55-,56-,57-,58-,59-,60+,61-,65-,66-/m0/s1. The number of hydrogen-bond acceptors (Lipinski definition) is 22. The molecule has 0 unspecified atom stereocenters. The van der Waals surface area contributed by atoms with E-state index >= 15 is 19.2 Å². The first kappa shape index (κ1) is 92.7. The normalized spacial score (nSPS) is 27.2. The lowest BCUT2D eigenvalue weighted by atomic mass is 9.98. The summed E-state index contributed by atoms with van der Waals surface area (Å²) in [5, 5.41) is 67.9. The number of carboxylic acid groups (broad SMARTS) is 2. The molecule has 2 aromatic carbocycles. The molecule has 0 spiro atoms. The summed E-state index contributed by atoms with van der Waals surface area (Å²) in [7, 11) is 1.92. The highest BCUT2D eigenvalue weighted by atomic mass is 33.1. The van der Waals surface area contributed by atoms with E-state index in [1.807, 2.05) is 0 Å². The predicted octanol–water partition coefficient (Wildman–Crippen LogP) is -2.38. The smallest absolute Gasteiger partial charge is 0.305 e. The molecule has 14 amide bonds. The van der Waals surface area contributed by atoms with Crippen LogP contribution < -0.4 is 74.9 Å². The number of carbonyl (C=O) groups excluding carboxylic acids is 14.